The molecule has 0 atom stereocenters. The number of nitriles is 1. The lowest BCUT2D eigenvalue weighted by molar-refractivity contribution is 0.306. The Morgan fingerprint density at radius 2 is 2.04 bits per heavy atom. The van der Waals surface area contributed by atoms with Crippen molar-refractivity contribution in [3.05, 3.63) is 35.4 Å². The van der Waals surface area contributed by atoms with Gasteiger partial charge in [0.1, 0.15) is 0 Å². The summed E-state index contributed by atoms with van der Waals surface area (Å²) >= 11 is 0. The molecular weight excluding hydrogens is 489 g/mol. The highest BCUT2D eigenvalue weighted by Crippen LogP contribution is 2.15. The first kappa shape index (κ1) is 24.7. The van der Waals surface area contributed by atoms with Crippen LogP contribution in [-0.2, 0) is 16.6 Å². The van der Waals surface area contributed by atoms with E-state index in [2.05, 4.69) is 21.7 Å². The number of nitrogens with zero attached hydrogens (tertiary/aromatic N) is 3. The van der Waals surface area contributed by atoms with E-state index in [0.717, 1.165) is 30.9 Å². The van der Waals surface area contributed by atoms with Crippen LogP contribution in [0, 0.1) is 11.3 Å². The van der Waals surface area contributed by atoms with Gasteiger partial charge in [-0.1, -0.05) is 19.1 Å². The van der Waals surface area contributed by atoms with Gasteiger partial charge in [-0.3, -0.25) is 0 Å². The minimum absolute atomic E-state index is 0. The fraction of sp³-hybridized carbons (Fsp3) is 0.579. The number of hydrogen-bond acceptors (Lipinski definition) is 4. The van der Waals surface area contributed by atoms with E-state index < -0.39 is 10.0 Å². The van der Waals surface area contributed by atoms with Crippen LogP contribution in [0.1, 0.15) is 44.2 Å². The number of nitrogens with one attached hydrogen (secondary N) is 2. The van der Waals surface area contributed by atoms with E-state index in [-0.39, 0.29) is 35.8 Å². The van der Waals surface area contributed by atoms with Crippen molar-refractivity contribution in [1.82, 2.24) is 14.9 Å². The third kappa shape index (κ3) is 7.56. The maximum Gasteiger partial charge on any atom is 0.214 e. The van der Waals surface area contributed by atoms with Crippen LogP contribution in [0.15, 0.2) is 29.3 Å². The van der Waals surface area contributed by atoms with E-state index in [0.29, 0.717) is 31.6 Å². The molecule has 0 radical (unpaired) electrons. The molecule has 156 valence electrons. The van der Waals surface area contributed by atoms with Crippen LogP contribution < -0.4 is 10.6 Å². The number of piperidine rings is 1. The second-order valence-electron chi connectivity index (χ2n) is 6.64. The first-order chi connectivity index (χ1) is 13.0. The Kier molecular flexibility index (Phi) is 10.8. The van der Waals surface area contributed by atoms with Gasteiger partial charge in [-0.15, -0.1) is 24.0 Å². The van der Waals surface area contributed by atoms with Gasteiger partial charge in [0.05, 0.1) is 23.9 Å². The molecule has 1 saturated heterocycles. The van der Waals surface area contributed by atoms with Gasteiger partial charge in [-0.25, -0.2) is 17.7 Å². The molecule has 1 aromatic carbocycles. The van der Waals surface area contributed by atoms with Gasteiger partial charge in [0.15, 0.2) is 5.96 Å². The Morgan fingerprint density at radius 1 is 1.32 bits per heavy atom. The molecule has 28 heavy (non-hydrogen) atoms. The second-order valence-corrected chi connectivity index (χ2v) is 8.73. The summed E-state index contributed by atoms with van der Waals surface area (Å²) in [6, 6.07) is 9.75. The number of benzene rings is 1. The molecule has 9 heteroatoms. The molecule has 0 aliphatic carbocycles. The summed E-state index contributed by atoms with van der Waals surface area (Å²) < 4.78 is 26.0. The van der Waals surface area contributed by atoms with Gasteiger partial charge < -0.3 is 10.6 Å². The molecule has 2 N–H and O–H groups in total. The summed E-state index contributed by atoms with van der Waals surface area (Å²) in [6.45, 7) is 6.21. The summed E-state index contributed by atoms with van der Waals surface area (Å²) in [7, 11) is -3.12. The first-order valence-electron chi connectivity index (χ1n) is 9.50. The van der Waals surface area contributed by atoms with E-state index in [9.17, 15) is 8.42 Å². The van der Waals surface area contributed by atoms with Gasteiger partial charge in [-0.05, 0) is 43.9 Å². The molecular formula is C19H30IN5O2S. The monoisotopic (exact) mass is 519 g/mol. The van der Waals surface area contributed by atoms with Crippen molar-refractivity contribution in [3.8, 4) is 6.07 Å². The van der Waals surface area contributed by atoms with Crippen LogP contribution in [0.3, 0.4) is 0 Å². The van der Waals surface area contributed by atoms with Crippen molar-refractivity contribution in [2.45, 2.75) is 45.7 Å². The number of guanidine groups is 1. The van der Waals surface area contributed by atoms with Crippen molar-refractivity contribution in [2.75, 3.05) is 25.4 Å². The van der Waals surface area contributed by atoms with E-state index >= 15 is 0 Å². The minimum Gasteiger partial charge on any atom is -0.357 e. The number of halogens is 1. The minimum atomic E-state index is -3.12. The van der Waals surface area contributed by atoms with Crippen LogP contribution in [0.4, 0.5) is 0 Å². The Balaban J connectivity index is 0.00000392. The van der Waals surface area contributed by atoms with Gasteiger partial charge in [0.25, 0.3) is 0 Å². The van der Waals surface area contributed by atoms with Crippen LogP contribution in [0.25, 0.3) is 0 Å². The molecule has 0 saturated carbocycles. The third-order valence-corrected chi connectivity index (χ3v) is 6.55. The molecule has 2 rings (SSSR count). The number of rotatable bonds is 7. The fourth-order valence-electron chi connectivity index (χ4n) is 3.09. The molecule has 0 bridgehead atoms. The molecule has 7 nitrogen and oxygen atoms in total. The van der Waals surface area contributed by atoms with Crippen LogP contribution in [0.2, 0.25) is 0 Å². The predicted octanol–water partition coefficient (Wildman–Crippen LogP) is 2.44. The standard InChI is InChI=1S/C19H29N5O2S.HI/c1-3-12-27(25,26)24-10-8-18(9-11-24)23-19(21-4-2)22-15-17-7-5-6-16(13-17)14-20;/h5-7,13,18H,3-4,8-12,15H2,1-2H3,(H2,21,22,23);1H. The molecule has 0 unspecified atom stereocenters. The van der Waals surface area contributed by atoms with Gasteiger partial charge in [0, 0.05) is 25.7 Å². The van der Waals surface area contributed by atoms with Gasteiger partial charge in [0.2, 0.25) is 10.0 Å². The molecule has 1 aliphatic heterocycles. The first-order valence-corrected chi connectivity index (χ1v) is 11.1. The summed E-state index contributed by atoms with van der Waals surface area (Å²) in [5, 5.41) is 15.6. The zero-order valence-corrected chi connectivity index (χ0v) is 19.7. The zero-order chi connectivity index (χ0) is 19.7. The smallest absolute Gasteiger partial charge is 0.214 e. The van der Waals surface area contributed by atoms with Crippen LogP contribution >= 0.6 is 24.0 Å². The number of hydrogen-bond donors (Lipinski definition) is 2. The highest BCUT2D eigenvalue weighted by atomic mass is 127. The van der Waals surface area contributed by atoms with E-state index in [1.807, 2.05) is 32.0 Å². The Labute approximate surface area is 185 Å². The maximum absolute atomic E-state index is 12.2. The molecule has 1 aromatic rings. The van der Waals surface area contributed by atoms with Gasteiger partial charge >= 0.3 is 0 Å². The topological polar surface area (TPSA) is 97.6 Å². The highest BCUT2D eigenvalue weighted by molar-refractivity contribution is 14.0. The quantitative estimate of drug-likeness (QED) is 0.328. The third-order valence-electron chi connectivity index (χ3n) is 4.47. The van der Waals surface area contributed by atoms with Crippen molar-refractivity contribution in [3.63, 3.8) is 0 Å². The number of aliphatic imine (C=N–C) groups is 1. The normalized spacial score (nSPS) is 16.1. The summed E-state index contributed by atoms with van der Waals surface area (Å²) in [5.74, 6) is 0.937. The average Bonchev–Trinajstić information content (AvgIpc) is 2.67. The second kappa shape index (κ2) is 12.2. The van der Waals surface area contributed by atoms with E-state index in [1.54, 1.807) is 10.4 Å². The fourth-order valence-corrected chi connectivity index (χ4v) is 4.63. The van der Waals surface area contributed by atoms with Crippen LogP contribution in [-0.4, -0.2) is 50.1 Å². The average molecular weight is 519 g/mol. The van der Waals surface area contributed by atoms with Crippen molar-refractivity contribution < 1.29 is 8.42 Å². The lowest BCUT2D eigenvalue weighted by Gasteiger charge is -2.32. The van der Waals surface area contributed by atoms with Gasteiger partial charge in [-0.2, -0.15) is 5.26 Å². The molecule has 1 fully saturated rings. The molecule has 0 aromatic heterocycles. The zero-order valence-electron chi connectivity index (χ0n) is 16.5. The Morgan fingerprint density at radius 3 is 2.64 bits per heavy atom. The van der Waals surface area contributed by atoms with E-state index in [4.69, 9.17) is 5.26 Å². The number of sulfonamides is 1. The molecule has 1 aliphatic rings. The Bertz CT molecular complexity index is 784. The molecule has 0 spiro atoms. The van der Waals surface area contributed by atoms with E-state index in [1.165, 1.54) is 0 Å². The Hall–Kier alpha value is -1.38. The summed E-state index contributed by atoms with van der Waals surface area (Å²) in [4.78, 5) is 4.60. The lowest BCUT2D eigenvalue weighted by atomic mass is 10.1. The SMILES string of the molecule is CCCS(=O)(=O)N1CCC(NC(=NCc2cccc(C#N)c2)NCC)CC1.I. The molecule has 0 amide bonds. The predicted molar refractivity (Wildman–Crippen MR) is 123 cm³/mol. The summed E-state index contributed by atoms with van der Waals surface area (Å²) in [6.07, 6.45) is 2.17. The van der Waals surface area contributed by atoms with Crippen molar-refractivity contribution in [1.29, 1.82) is 5.26 Å². The molecule has 1 heterocycles. The van der Waals surface area contributed by atoms with Crippen molar-refractivity contribution >= 4 is 40.0 Å². The van der Waals surface area contributed by atoms with Crippen LogP contribution in [0.5, 0.6) is 0 Å². The highest BCUT2D eigenvalue weighted by Gasteiger charge is 2.27. The maximum atomic E-state index is 12.2. The summed E-state index contributed by atoms with van der Waals surface area (Å²) in [5.41, 5.74) is 1.60. The van der Waals surface area contributed by atoms with Crippen molar-refractivity contribution in [2.24, 2.45) is 4.99 Å². The lowest BCUT2D eigenvalue weighted by Crippen LogP contribution is -2.50. The largest absolute Gasteiger partial charge is 0.357 e.